The number of nitrogens with one attached hydrogen (secondary N) is 1. The van der Waals surface area contributed by atoms with Gasteiger partial charge in [0.25, 0.3) is 0 Å². The smallest absolute Gasteiger partial charge is 0.238 e. The number of fused-ring (bicyclic) bond motifs is 2. The molecule has 14 heavy (non-hydrogen) atoms. The summed E-state index contributed by atoms with van der Waals surface area (Å²) in [4.78, 5) is 11.4. The second-order valence-corrected chi connectivity index (χ2v) is 4.84. The molecule has 80 valence electrons. The Bertz CT molecular complexity index is 232. The van der Waals surface area contributed by atoms with E-state index in [1.54, 1.807) is 6.92 Å². The molecule has 2 heterocycles. The summed E-state index contributed by atoms with van der Waals surface area (Å²) in [6, 6.07) is 0.183. The predicted molar refractivity (Wildman–Crippen MR) is 54.4 cm³/mol. The van der Waals surface area contributed by atoms with Gasteiger partial charge in [-0.25, -0.2) is 0 Å². The first-order valence-electron chi connectivity index (χ1n) is 5.26. The molecule has 1 amide bonds. The van der Waals surface area contributed by atoms with Crippen LogP contribution in [0.5, 0.6) is 0 Å². The molecule has 2 fully saturated rings. The molecular formula is C10H16ClNO2. The van der Waals surface area contributed by atoms with Crippen molar-refractivity contribution in [2.75, 3.05) is 0 Å². The minimum absolute atomic E-state index is 0.0781. The van der Waals surface area contributed by atoms with Crippen LogP contribution in [0.25, 0.3) is 0 Å². The van der Waals surface area contributed by atoms with Crippen molar-refractivity contribution in [1.82, 2.24) is 5.32 Å². The van der Waals surface area contributed by atoms with Crippen LogP contribution in [0.15, 0.2) is 0 Å². The Morgan fingerprint density at radius 1 is 1.43 bits per heavy atom. The highest BCUT2D eigenvalue weighted by Gasteiger charge is 2.37. The van der Waals surface area contributed by atoms with Gasteiger partial charge in [-0.05, 0) is 32.6 Å². The van der Waals surface area contributed by atoms with Crippen molar-refractivity contribution in [3.05, 3.63) is 0 Å². The summed E-state index contributed by atoms with van der Waals surface area (Å²) in [5.41, 5.74) is 0. The lowest BCUT2D eigenvalue weighted by atomic mass is 10.0. The van der Waals surface area contributed by atoms with Gasteiger partial charge in [0.15, 0.2) is 0 Å². The number of rotatable bonds is 2. The fourth-order valence-corrected chi connectivity index (χ4v) is 2.32. The van der Waals surface area contributed by atoms with Crippen molar-refractivity contribution in [2.45, 2.75) is 56.2 Å². The normalized spacial score (nSPS) is 38.0. The van der Waals surface area contributed by atoms with Crippen molar-refractivity contribution in [3.63, 3.8) is 0 Å². The van der Waals surface area contributed by atoms with Gasteiger partial charge in [0.1, 0.15) is 5.38 Å². The molecule has 0 aromatic heterocycles. The molecule has 2 aliphatic heterocycles. The Hall–Kier alpha value is -0.280. The molecule has 0 spiro atoms. The maximum absolute atomic E-state index is 11.4. The average molecular weight is 218 g/mol. The van der Waals surface area contributed by atoms with Gasteiger partial charge in [-0.15, -0.1) is 11.6 Å². The van der Waals surface area contributed by atoms with Crippen LogP contribution in [0.4, 0.5) is 0 Å². The van der Waals surface area contributed by atoms with Crippen molar-refractivity contribution in [3.8, 4) is 0 Å². The molecule has 2 aliphatic rings. The fraction of sp³-hybridized carbons (Fsp3) is 0.900. The van der Waals surface area contributed by atoms with Crippen LogP contribution in [0.3, 0.4) is 0 Å². The van der Waals surface area contributed by atoms with E-state index in [2.05, 4.69) is 5.32 Å². The summed E-state index contributed by atoms with van der Waals surface area (Å²) in [6.45, 7) is 1.69. The molecule has 0 radical (unpaired) electrons. The number of amides is 1. The maximum atomic E-state index is 11.4. The quantitative estimate of drug-likeness (QED) is 0.711. The third kappa shape index (κ3) is 2.04. The zero-order valence-electron chi connectivity index (χ0n) is 8.33. The molecule has 2 bridgehead atoms. The zero-order valence-corrected chi connectivity index (χ0v) is 9.09. The highest BCUT2D eigenvalue weighted by atomic mass is 35.5. The molecule has 4 heteroatoms. The molecule has 4 unspecified atom stereocenters. The van der Waals surface area contributed by atoms with Crippen LogP contribution in [0.2, 0.25) is 0 Å². The van der Waals surface area contributed by atoms with Crippen molar-refractivity contribution < 1.29 is 9.53 Å². The first-order valence-corrected chi connectivity index (χ1v) is 5.70. The number of alkyl halides is 1. The third-order valence-corrected chi connectivity index (χ3v) is 3.28. The van der Waals surface area contributed by atoms with E-state index in [1.165, 1.54) is 0 Å². The molecule has 3 nitrogen and oxygen atoms in total. The molecule has 0 aromatic rings. The van der Waals surface area contributed by atoms with E-state index < -0.39 is 5.38 Å². The van der Waals surface area contributed by atoms with Gasteiger partial charge < -0.3 is 10.1 Å². The standard InChI is InChI=1S/C10H16ClNO2/c1-6(11)10(13)12-8-4-2-7-3-5-9(8)14-7/h6-9H,2-5H2,1H3,(H,12,13). The second-order valence-electron chi connectivity index (χ2n) is 4.18. The molecule has 4 atom stereocenters. The predicted octanol–water partition coefficient (Wildman–Crippen LogP) is 1.44. The van der Waals surface area contributed by atoms with Crippen LogP contribution < -0.4 is 5.32 Å². The Labute approximate surface area is 89.1 Å². The lowest BCUT2D eigenvalue weighted by Gasteiger charge is -2.30. The number of halogens is 1. The topological polar surface area (TPSA) is 38.3 Å². The van der Waals surface area contributed by atoms with E-state index >= 15 is 0 Å². The molecule has 1 N–H and O–H groups in total. The Morgan fingerprint density at radius 3 is 2.86 bits per heavy atom. The van der Waals surface area contributed by atoms with Gasteiger partial charge >= 0.3 is 0 Å². The van der Waals surface area contributed by atoms with Crippen LogP contribution in [-0.2, 0) is 9.53 Å². The average Bonchev–Trinajstić information content (AvgIpc) is 2.53. The van der Waals surface area contributed by atoms with Crippen molar-refractivity contribution >= 4 is 17.5 Å². The summed E-state index contributed by atoms with van der Waals surface area (Å²) < 4.78 is 5.73. The highest BCUT2D eigenvalue weighted by Crippen LogP contribution is 2.32. The van der Waals surface area contributed by atoms with Crippen LogP contribution in [0, 0.1) is 0 Å². The fourth-order valence-electron chi connectivity index (χ4n) is 2.26. The summed E-state index contributed by atoms with van der Waals surface area (Å²) in [7, 11) is 0. The number of carbonyl (C=O) groups excluding carboxylic acids is 1. The van der Waals surface area contributed by atoms with E-state index in [4.69, 9.17) is 16.3 Å². The number of hydrogen-bond donors (Lipinski definition) is 1. The first kappa shape index (κ1) is 10.2. The Morgan fingerprint density at radius 2 is 2.14 bits per heavy atom. The van der Waals surface area contributed by atoms with Gasteiger partial charge in [0, 0.05) is 0 Å². The van der Waals surface area contributed by atoms with Crippen LogP contribution in [-0.4, -0.2) is 29.5 Å². The van der Waals surface area contributed by atoms with Crippen LogP contribution >= 0.6 is 11.6 Å². The lowest BCUT2D eigenvalue weighted by Crippen LogP contribution is -2.47. The largest absolute Gasteiger partial charge is 0.373 e. The first-order chi connectivity index (χ1) is 6.66. The van der Waals surface area contributed by atoms with E-state index in [-0.39, 0.29) is 18.1 Å². The van der Waals surface area contributed by atoms with E-state index in [1.807, 2.05) is 0 Å². The minimum Gasteiger partial charge on any atom is -0.373 e. The Kier molecular flexibility index (Phi) is 2.98. The number of carbonyl (C=O) groups is 1. The molecule has 0 aromatic carbocycles. The van der Waals surface area contributed by atoms with E-state index in [9.17, 15) is 4.79 Å². The van der Waals surface area contributed by atoms with Crippen molar-refractivity contribution in [1.29, 1.82) is 0 Å². The van der Waals surface area contributed by atoms with E-state index in [0.717, 1.165) is 25.7 Å². The SMILES string of the molecule is CC(Cl)C(=O)NC1CCC2CCC1O2. The Balaban J connectivity index is 1.89. The summed E-state index contributed by atoms with van der Waals surface area (Å²) >= 11 is 5.70. The van der Waals surface area contributed by atoms with Gasteiger partial charge in [-0.3, -0.25) is 4.79 Å². The molecule has 0 saturated carbocycles. The second kappa shape index (κ2) is 4.07. The zero-order chi connectivity index (χ0) is 10.1. The molecular weight excluding hydrogens is 202 g/mol. The van der Waals surface area contributed by atoms with Gasteiger partial charge in [-0.1, -0.05) is 0 Å². The minimum atomic E-state index is -0.450. The van der Waals surface area contributed by atoms with Crippen LogP contribution in [0.1, 0.15) is 32.6 Å². The third-order valence-electron chi connectivity index (χ3n) is 3.08. The highest BCUT2D eigenvalue weighted by molar-refractivity contribution is 6.30. The summed E-state index contributed by atoms with van der Waals surface area (Å²) in [5, 5.41) is 2.50. The maximum Gasteiger partial charge on any atom is 0.238 e. The van der Waals surface area contributed by atoms with Gasteiger partial charge in [0.2, 0.25) is 5.91 Å². The van der Waals surface area contributed by atoms with Gasteiger partial charge in [0.05, 0.1) is 18.2 Å². The molecule has 0 aliphatic carbocycles. The van der Waals surface area contributed by atoms with E-state index in [0.29, 0.717) is 6.10 Å². The molecule has 2 saturated heterocycles. The van der Waals surface area contributed by atoms with Crippen molar-refractivity contribution in [2.24, 2.45) is 0 Å². The number of ether oxygens (including phenoxy) is 1. The summed E-state index contributed by atoms with van der Waals surface area (Å²) in [5.74, 6) is -0.0781. The number of hydrogen-bond acceptors (Lipinski definition) is 2. The molecule has 2 rings (SSSR count). The van der Waals surface area contributed by atoms with Gasteiger partial charge in [-0.2, -0.15) is 0 Å². The lowest BCUT2D eigenvalue weighted by molar-refractivity contribution is -0.123. The monoisotopic (exact) mass is 217 g/mol. The summed E-state index contributed by atoms with van der Waals surface area (Å²) in [6.07, 6.45) is 5.00.